The fourth-order valence-electron chi connectivity index (χ4n) is 2.03. The van der Waals surface area contributed by atoms with Crippen molar-refractivity contribution in [2.45, 2.75) is 33.6 Å². The van der Waals surface area contributed by atoms with Crippen molar-refractivity contribution < 1.29 is 0 Å². The van der Waals surface area contributed by atoms with Crippen LogP contribution < -0.4 is 11.6 Å². The second kappa shape index (κ2) is 3.66. The summed E-state index contributed by atoms with van der Waals surface area (Å²) < 4.78 is 1.60. The topological polar surface area (TPSA) is 82.8 Å². The van der Waals surface area contributed by atoms with Crippen molar-refractivity contribution in [2.75, 3.05) is 11.6 Å². The number of hydrogen-bond acceptors (Lipinski definition) is 4. The SMILES string of the molecule is CCCc1c(C)nc(N)c2nc(C)n(N)c12. The highest BCUT2D eigenvalue weighted by Crippen LogP contribution is 2.25. The van der Waals surface area contributed by atoms with E-state index in [1.807, 2.05) is 13.8 Å². The summed E-state index contributed by atoms with van der Waals surface area (Å²) in [5.41, 5.74) is 9.59. The van der Waals surface area contributed by atoms with Crippen LogP contribution in [0.1, 0.15) is 30.4 Å². The van der Waals surface area contributed by atoms with Gasteiger partial charge in [-0.2, -0.15) is 0 Å². The van der Waals surface area contributed by atoms with Gasteiger partial charge in [-0.25, -0.2) is 14.6 Å². The van der Waals surface area contributed by atoms with Crippen molar-refractivity contribution in [3.05, 3.63) is 17.1 Å². The van der Waals surface area contributed by atoms with Crippen molar-refractivity contribution in [3.63, 3.8) is 0 Å². The van der Waals surface area contributed by atoms with Gasteiger partial charge < -0.3 is 11.6 Å². The van der Waals surface area contributed by atoms with Crippen LogP contribution in [0.5, 0.6) is 0 Å². The summed E-state index contributed by atoms with van der Waals surface area (Å²) in [5, 5.41) is 0. The van der Waals surface area contributed by atoms with Crippen molar-refractivity contribution in [3.8, 4) is 0 Å². The predicted octanol–water partition coefficient (Wildman–Crippen LogP) is 1.30. The molecule has 0 atom stereocenters. The summed E-state index contributed by atoms with van der Waals surface area (Å²) in [6.07, 6.45) is 1.99. The summed E-state index contributed by atoms with van der Waals surface area (Å²) in [6.45, 7) is 5.96. The number of rotatable bonds is 2. The highest BCUT2D eigenvalue weighted by atomic mass is 15.3. The van der Waals surface area contributed by atoms with E-state index in [1.54, 1.807) is 4.68 Å². The molecule has 2 rings (SSSR count). The molecule has 4 N–H and O–H groups in total. The molecule has 0 saturated carbocycles. The number of aryl methyl sites for hydroxylation is 3. The predicted molar refractivity (Wildman–Crippen MR) is 65.6 cm³/mol. The molecule has 0 aliphatic carbocycles. The maximum absolute atomic E-state index is 5.98. The first-order valence-corrected chi connectivity index (χ1v) is 5.45. The zero-order valence-electron chi connectivity index (χ0n) is 9.91. The Kier molecular flexibility index (Phi) is 2.46. The van der Waals surface area contributed by atoms with Crippen LogP contribution in [-0.4, -0.2) is 14.6 Å². The molecule has 5 heteroatoms. The Morgan fingerprint density at radius 2 is 1.94 bits per heavy atom. The van der Waals surface area contributed by atoms with Gasteiger partial charge in [0, 0.05) is 11.3 Å². The summed E-state index contributed by atoms with van der Waals surface area (Å²) in [6, 6.07) is 0. The number of imidazole rings is 1. The van der Waals surface area contributed by atoms with Crippen LogP contribution in [0.25, 0.3) is 11.0 Å². The van der Waals surface area contributed by atoms with E-state index >= 15 is 0 Å². The van der Waals surface area contributed by atoms with E-state index in [2.05, 4.69) is 16.9 Å². The summed E-state index contributed by atoms with van der Waals surface area (Å²) in [7, 11) is 0. The second-order valence-electron chi connectivity index (χ2n) is 4.04. The quantitative estimate of drug-likeness (QED) is 0.746. The molecule has 0 bridgehead atoms. The zero-order chi connectivity index (χ0) is 11.9. The van der Waals surface area contributed by atoms with Crippen LogP contribution in [-0.2, 0) is 6.42 Å². The first-order valence-electron chi connectivity index (χ1n) is 5.45. The number of anilines is 1. The lowest BCUT2D eigenvalue weighted by Crippen LogP contribution is -2.12. The van der Waals surface area contributed by atoms with Crippen LogP contribution in [0.2, 0.25) is 0 Å². The van der Waals surface area contributed by atoms with E-state index in [9.17, 15) is 0 Å². The molecular weight excluding hydrogens is 202 g/mol. The molecular formula is C11H17N5. The van der Waals surface area contributed by atoms with Crippen molar-refractivity contribution >= 4 is 16.9 Å². The van der Waals surface area contributed by atoms with E-state index < -0.39 is 0 Å². The zero-order valence-corrected chi connectivity index (χ0v) is 9.91. The Hall–Kier alpha value is -1.78. The second-order valence-corrected chi connectivity index (χ2v) is 4.04. The summed E-state index contributed by atoms with van der Waals surface area (Å²) >= 11 is 0. The van der Waals surface area contributed by atoms with E-state index in [0.29, 0.717) is 11.3 Å². The van der Waals surface area contributed by atoms with Gasteiger partial charge >= 0.3 is 0 Å². The number of aromatic nitrogens is 3. The van der Waals surface area contributed by atoms with Gasteiger partial charge in [0.25, 0.3) is 0 Å². The van der Waals surface area contributed by atoms with Gasteiger partial charge in [-0.3, -0.25) is 0 Å². The fraction of sp³-hybridized carbons (Fsp3) is 0.455. The molecule has 0 radical (unpaired) electrons. The van der Waals surface area contributed by atoms with Crippen LogP contribution in [0.15, 0.2) is 0 Å². The number of nitrogens with two attached hydrogens (primary N) is 2. The Balaban J connectivity index is 2.86. The third-order valence-corrected chi connectivity index (χ3v) is 2.84. The first kappa shape index (κ1) is 10.7. The minimum absolute atomic E-state index is 0.458. The van der Waals surface area contributed by atoms with Crippen molar-refractivity contribution in [1.29, 1.82) is 0 Å². The Morgan fingerprint density at radius 3 is 2.56 bits per heavy atom. The van der Waals surface area contributed by atoms with Gasteiger partial charge in [0.2, 0.25) is 0 Å². The van der Waals surface area contributed by atoms with Crippen LogP contribution in [0.4, 0.5) is 5.82 Å². The molecule has 5 nitrogen and oxygen atoms in total. The number of pyridine rings is 1. The molecule has 2 aromatic heterocycles. The summed E-state index contributed by atoms with van der Waals surface area (Å²) in [4.78, 5) is 8.67. The van der Waals surface area contributed by atoms with Gasteiger partial charge in [0.05, 0.1) is 5.52 Å². The lowest BCUT2D eigenvalue weighted by molar-refractivity contribution is 0.889. The molecule has 2 heterocycles. The molecule has 2 aromatic rings. The molecule has 86 valence electrons. The third kappa shape index (κ3) is 1.39. The van der Waals surface area contributed by atoms with E-state index in [4.69, 9.17) is 11.6 Å². The first-order chi connectivity index (χ1) is 7.56. The van der Waals surface area contributed by atoms with Crippen LogP contribution in [0, 0.1) is 13.8 Å². The molecule has 16 heavy (non-hydrogen) atoms. The lowest BCUT2D eigenvalue weighted by atomic mass is 10.1. The average molecular weight is 219 g/mol. The Bertz CT molecular complexity index is 541. The molecule has 0 fully saturated rings. The number of nitrogens with zero attached hydrogens (tertiary/aromatic N) is 3. The Morgan fingerprint density at radius 1 is 1.25 bits per heavy atom. The van der Waals surface area contributed by atoms with Crippen LogP contribution >= 0.6 is 0 Å². The normalized spacial score (nSPS) is 11.2. The number of nitrogen functional groups attached to an aromatic ring is 2. The maximum atomic E-state index is 5.98. The maximum Gasteiger partial charge on any atom is 0.151 e. The van der Waals surface area contributed by atoms with E-state index in [1.165, 1.54) is 0 Å². The molecule has 0 spiro atoms. The standard InChI is InChI=1S/C11H17N5/c1-4-5-8-6(2)14-11(12)9-10(8)16(13)7(3)15-9/h4-5,13H2,1-3H3,(H2,12,14). The number of fused-ring (bicyclic) bond motifs is 1. The molecule has 0 unspecified atom stereocenters. The van der Waals surface area contributed by atoms with Crippen molar-refractivity contribution in [1.82, 2.24) is 14.6 Å². The van der Waals surface area contributed by atoms with Crippen molar-refractivity contribution in [2.24, 2.45) is 0 Å². The lowest BCUT2D eigenvalue weighted by Gasteiger charge is -2.08. The smallest absolute Gasteiger partial charge is 0.151 e. The minimum atomic E-state index is 0.458. The highest BCUT2D eigenvalue weighted by Gasteiger charge is 2.15. The van der Waals surface area contributed by atoms with Crippen LogP contribution in [0.3, 0.4) is 0 Å². The van der Waals surface area contributed by atoms with Gasteiger partial charge in [0.1, 0.15) is 11.3 Å². The average Bonchev–Trinajstić information content (AvgIpc) is 2.52. The highest BCUT2D eigenvalue weighted by molar-refractivity contribution is 5.88. The largest absolute Gasteiger partial charge is 0.382 e. The molecule has 0 aromatic carbocycles. The van der Waals surface area contributed by atoms with E-state index in [0.717, 1.165) is 35.4 Å². The molecule has 0 aliphatic rings. The fourth-order valence-corrected chi connectivity index (χ4v) is 2.03. The van der Waals surface area contributed by atoms with Gasteiger partial charge in [-0.1, -0.05) is 13.3 Å². The molecule has 0 amide bonds. The Labute approximate surface area is 94.4 Å². The minimum Gasteiger partial charge on any atom is -0.382 e. The number of hydrogen-bond donors (Lipinski definition) is 2. The van der Waals surface area contributed by atoms with Gasteiger partial charge in [0.15, 0.2) is 5.82 Å². The van der Waals surface area contributed by atoms with E-state index in [-0.39, 0.29) is 0 Å². The monoisotopic (exact) mass is 219 g/mol. The third-order valence-electron chi connectivity index (χ3n) is 2.84. The van der Waals surface area contributed by atoms with Gasteiger partial charge in [-0.15, -0.1) is 0 Å². The summed E-state index contributed by atoms with van der Waals surface area (Å²) in [5.74, 6) is 7.19. The van der Waals surface area contributed by atoms with Gasteiger partial charge in [-0.05, 0) is 20.3 Å². The molecule has 0 saturated heterocycles. The molecule has 0 aliphatic heterocycles.